The predicted molar refractivity (Wildman–Crippen MR) is 98.7 cm³/mol. The van der Waals surface area contributed by atoms with Gasteiger partial charge >= 0.3 is 0 Å². The molecule has 6 nitrogen and oxygen atoms in total. The number of benzene rings is 2. The zero-order valence-electron chi connectivity index (χ0n) is 14.7. The van der Waals surface area contributed by atoms with Gasteiger partial charge in [-0.3, -0.25) is 9.59 Å². The van der Waals surface area contributed by atoms with Gasteiger partial charge in [0.1, 0.15) is 18.1 Å². The standard InChI is InChI=1S/C20H18FN3O3/c1-27-16-8-6-14(7-9-16)18-10-11-20(26)24(23-18)13-19(25)22-12-15-4-2-3-5-17(15)21/h2-11H,12-13H2,1H3,(H,22,25). The summed E-state index contributed by atoms with van der Waals surface area (Å²) in [5, 5.41) is 6.83. The number of carbonyl (C=O) groups is 1. The van der Waals surface area contributed by atoms with Gasteiger partial charge in [0.05, 0.1) is 12.8 Å². The van der Waals surface area contributed by atoms with Crippen LogP contribution in [0.4, 0.5) is 4.39 Å². The molecular weight excluding hydrogens is 349 g/mol. The van der Waals surface area contributed by atoms with Gasteiger partial charge in [0, 0.05) is 23.7 Å². The summed E-state index contributed by atoms with van der Waals surface area (Å²) in [5.41, 5.74) is 1.32. The highest BCUT2D eigenvalue weighted by atomic mass is 19.1. The maximum absolute atomic E-state index is 13.6. The molecule has 0 aliphatic carbocycles. The lowest BCUT2D eigenvalue weighted by Crippen LogP contribution is -2.33. The Labute approximate surface area is 155 Å². The number of carbonyl (C=O) groups excluding carboxylic acids is 1. The topological polar surface area (TPSA) is 73.2 Å². The SMILES string of the molecule is COc1ccc(-c2ccc(=O)n(CC(=O)NCc3ccccc3F)n2)cc1. The normalized spacial score (nSPS) is 10.4. The number of ether oxygens (including phenoxy) is 1. The second-order valence-electron chi connectivity index (χ2n) is 5.81. The van der Waals surface area contributed by atoms with Crippen molar-refractivity contribution in [3.63, 3.8) is 0 Å². The zero-order chi connectivity index (χ0) is 19.2. The van der Waals surface area contributed by atoms with E-state index in [1.807, 2.05) is 12.1 Å². The van der Waals surface area contributed by atoms with E-state index in [0.29, 0.717) is 17.0 Å². The van der Waals surface area contributed by atoms with Gasteiger partial charge in [0.25, 0.3) is 5.56 Å². The first kappa shape index (κ1) is 18.3. The molecule has 2 aromatic carbocycles. The molecule has 0 spiro atoms. The van der Waals surface area contributed by atoms with Crippen molar-refractivity contribution in [2.24, 2.45) is 0 Å². The summed E-state index contributed by atoms with van der Waals surface area (Å²) in [6.45, 7) is -0.213. The number of aromatic nitrogens is 2. The highest BCUT2D eigenvalue weighted by Crippen LogP contribution is 2.19. The molecule has 0 bridgehead atoms. The number of hydrogen-bond acceptors (Lipinski definition) is 4. The van der Waals surface area contributed by atoms with Gasteiger partial charge in [-0.05, 0) is 36.4 Å². The summed E-state index contributed by atoms with van der Waals surface area (Å²) in [6.07, 6.45) is 0. The van der Waals surface area contributed by atoms with Gasteiger partial charge in [-0.15, -0.1) is 0 Å². The molecule has 0 radical (unpaired) electrons. The molecule has 138 valence electrons. The Morgan fingerprint density at radius 2 is 1.85 bits per heavy atom. The molecule has 3 rings (SSSR count). The molecular formula is C20H18FN3O3. The van der Waals surface area contributed by atoms with Crippen molar-refractivity contribution >= 4 is 5.91 Å². The number of rotatable bonds is 6. The minimum atomic E-state index is -0.431. The van der Waals surface area contributed by atoms with Crippen molar-refractivity contribution in [1.29, 1.82) is 0 Å². The molecule has 1 heterocycles. The molecule has 3 aromatic rings. The van der Waals surface area contributed by atoms with Gasteiger partial charge in [-0.2, -0.15) is 5.10 Å². The lowest BCUT2D eigenvalue weighted by molar-refractivity contribution is -0.122. The number of nitrogens with zero attached hydrogens (tertiary/aromatic N) is 2. The maximum atomic E-state index is 13.6. The van der Waals surface area contributed by atoms with Crippen LogP contribution >= 0.6 is 0 Å². The molecule has 0 atom stereocenters. The van der Waals surface area contributed by atoms with Gasteiger partial charge in [-0.25, -0.2) is 9.07 Å². The fourth-order valence-corrected chi connectivity index (χ4v) is 2.51. The number of hydrogen-bond donors (Lipinski definition) is 1. The van der Waals surface area contributed by atoms with Crippen LogP contribution in [-0.4, -0.2) is 22.8 Å². The minimum Gasteiger partial charge on any atom is -0.497 e. The second kappa shape index (κ2) is 8.27. The molecule has 0 fully saturated rings. The largest absolute Gasteiger partial charge is 0.497 e. The number of methoxy groups -OCH3 is 1. The van der Waals surface area contributed by atoms with Crippen LogP contribution in [0.25, 0.3) is 11.3 Å². The van der Waals surface area contributed by atoms with E-state index in [1.54, 1.807) is 43.5 Å². The molecule has 0 unspecified atom stereocenters. The van der Waals surface area contributed by atoms with Crippen molar-refractivity contribution in [2.45, 2.75) is 13.1 Å². The first-order valence-electron chi connectivity index (χ1n) is 8.29. The summed E-state index contributed by atoms with van der Waals surface area (Å²) in [5.74, 6) is -0.117. The number of nitrogens with one attached hydrogen (secondary N) is 1. The van der Waals surface area contributed by atoms with Crippen molar-refractivity contribution in [2.75, 3.05) is 7.11 Å². The average molecular weight is 367 g/mol. The molecule has 7 heteroatoms. The molecule has 0 saturated heterocycles. The van der Waals surface area contributed by atoms with Crippen LogP contribution < -0.4 is 15.6 Å². The van der Waals surface area contributed by atoms with Crippen LogP contribution in [-0.2, 0) is 17.9 Å². The molecule has 0 saturated carbocycles. The highest BCUT2D eigenvalue weighted by molar-refractivity contribution is 5.75. The summed E-state index contributed by atoms with van der Waals surface area (Å²) >= 11 is 0. The van der Waals surface area contributed by atoms with E-state index in [1.165, 1.54) is 12.1 Å². The van der Waals surface area contributed by atoms with Crippen LogP contribution in [0.5, 0.6) is 5.75 Å². The van der Waals surface area contributed by atoms with Crippen molar-refractivity contribution in [1.82, 2.24) is 15.1 Å². The van der Waals surface area contributed by atoms with E-state index >= 15 is 0 Å². The summed E-state index contributed by atoms with van der Waals surface area (Å²) < 4.78 is 19.8. The van der Waals surface area contributed by atoms with Crippen molar-refractivity contribution in [3.8, 4) is 17.0 Å². The molecule has 1 amide bonds. The number of amides is 1. The molecule has 1 aromatic heterocycles. The summed E-state index contributed by atoms with van der Waals surface area (Å²) in [4.78, 5) is 24.1. The maximum Gasteiger partial charge on any atom is 0.267 e. The zero-order valence-corrected chi connectivity index (χ0v) is 14.7. The summed E-state index contributed by atoms with van der Waals surface area (Å²) in [7, 11) is 1.58. The van der Waals surface area contributed by atoms with Crippen LogP contribution in [0, 0.1) is 5.82 Å². The Kier molecular flexibility index (Phi) is 5.61. The monoisotopic (exact) mass is 367 g/mol. The second-order valence-corrected chi connectivity index (χ2v) is 5.81. The smallest absolute Gasteiger partial charge is 0.267 e. The fraction of sp³-hybridized carbons (Fsp3) is 0.150. The summed E-state index contributed by atoms with van der Waals surface area (Å²) in [6, 6.07) is 16.3. The van der Waals surface area contributed by atoms with E-state index in [0.717, 1.165) is 10.2 Å². The average Bonchev–Trinajstić information content (AvgIpc) is 2.69. The Hall–Kier alpha value is -3.48. The number of halogens is 1. The van der Waals surface area contributed by atoms with Crippen molar-refractivity contribution < 1.29 is 13.9 Å². The first-order valence-corrected chi connectivity index (χ1v) is 8.29. The Morgan fingerprint density at radius 3 is 2.56 bits per heavy atom. The fourth-order valence-electron chi connectivity index (χ4n) is 2.51. The van der Waals surface area contributed by atoms with Gasteiger partial charge in [0.15, 0.2) is 0 Å². The lowest BCUT2D eigenvalue weighted by atomic mass is 10.1. The van der Waals surface area contributed by atoms with E-state index in [4.69, 9.17) is 4.74 Å². The Bertz CT molecular complexity index is 1000. The van der Waals surface area contributed by atoms with Crippen LogP contribution in [0.1, 0.15) is 5.56 Å². The Morgan fingerprint density at radius 1 is 1.11 bits per heavy atom. The highest BCUT2D eigenvalue weighted by Gasteiger charge is 2.09. The van der Waals surface area contributed by atoms with E-state index in [9.17, 15) is 14.0 Å². The van der Waals surface area contributed by atoms with Crippen LogP contribution in [0.15, 0.2) is 65.5 Å². The third-order valence-electron chi connectivity index (χ3n) is 3.98. The minimum absolute atomic E-state index is 0.0401. The first-order chi connectivity index (χ1) is 13.1. The molecule has 0 aliphatic heterocycles. The van der Waals surface area contributed by atoms with E-state index in [-0.39, 0.29) is 13.1 Å². The third kappa shape index (κ3) is 4.58. The van der Waals surface area contributed by atoms with Crippen LogP contribution in [0.3, 0.4) is 0 Å². The molecule has 27 heavy (non-hydrogen) atoms. The Balaban J connectivity index is 1.71. The van der Waals surface area contributed by atoms with Gasteiger partial charge in [0.2, 0.25) is 5.91 Å². The third-order valence-corrected chi connectivity index (χ3v) is 3.98. The van der Waals surface area contributed by atoms with Gasteiger partial charge < -0.3 is 10.1 Å². The van der Waals surface area contributed by atoms with E-state index in [2.05, 4.69) is 10.4 Å². The lowest BCUT2D eigenvalue weighted by Gasteiger charge is -2.09. The van der Waals surface area contributed by atoms with Gasteiger partial charge in [-0.1, -0.05) is 18.2 Å². The molecule has 1 N–H and O–H groups in total. The van der Waals surface area contributed by atoms with Crippen LogP contribution in [0.2, 0.25) is 0 Å². The predicted octanol–water partition coefficient (Wildman–Crippen LogP) is 2.37. The van der Waals surface area contributed by atoms with Crippen molar-refractivity contribution in [3.05, 3.63) is 82.4 Å². The van der Waals surface area contributed by atoms with E-state index < -0.39 is 17.3 Å². The quantitative estimate of drug-likeness (QED) is 0.726. The molecule has 0 aliphatic rings.